The van der Waals surface area contributed by atoms with Gasteiger partial charge in [-0.15, -0.1) is 0 Å². The summed E-state index contributed by atoms with van der Waals surface area (Å²) in [5.41, 5.74) is 0. The van der Waals surface area contributed by atoms with Crippen molar-refractivity contribution >= 4 is 6.29 Å². The maximum atomic E-state index is 10.1. The lowest BCUT2D eigenvalue weighted by Gasteiger charge is -2.06. The number of unbranched alkanes of at least 4 members (excludes halogenated alkanes) is 8. The Balaban J connectivity index is 3.00. The summed E-state index contributed by atoms with van der Waals surface area (Å²) in [5, 5.41) is 9.32. The van der Waals surface area contributed by atoms with E-state index in [-0.39, 0.29) is 0 Å². The number of aldehydes is 1. The van der Waals surface area contributed by atoms with Crippen molar-refractivity contribution in [3.63, 3.8) is 0 Å². The van der Waals surface area contributed by atoms with Crippen molar-refractivity contribution in [1.29, 1.82) is 0 Å². The summed E-state index contributed by atoms with van der Waals surface area (Å²) in [6.45, 7) is 2.24. The number of hydrogen-bond acceptors (Lipinski definition) is 2. The Morgan fingerprint density at radius 2 is 1.44 bits per heavy atom. The summed E-state index contributed by atoms with van der Waals surface area (Å²) in [6.07, 6.45) is 13.2. The van der Waals surface area contributed by atoms with Crippen LogP contribution >= 0.6 is 0 Å². The summed E-state index contributed by atoms with van der Waals surface area (Å²) >= 11 is 0. The molecule has 0 fully saturated rings. The first kappa shape index (κ1) is 15.6. The molecule has 0 aliphatic carbocycles. The summed E-state index contributed by atoms with van der Waals surface area (Å²) < 4.78 is 0. The van der Waals surface area contributed by atoms with E-state index in [0.717, 1.165) is 19.1 Å². The maximum absolute atomic E-state index is 10.1. The quantitative estimate of drug-likeness (QED) is 0.407. The topological polar surface area (TPSA) is 37.3 Å². The minimum absolute atomic E-state index is 0.303. The van der Waals surface area contributed by atoms with Crippen LogP contribution in [-0.4, -0.2) is 17.5 Å². The lowest BCUT2D eigenvalue weighted by atomic mass is 10.0. The minimum Gasteiger partial charge on any atom is -0.393 e. The van der Waals surface area contributed by atoms with E-state index in [0.29, 0.717) is 6.42 Å². The molecule has 0 rings (SSSR count). The zero-order valence-electron chi connectivity index (χ0n) is 10.8. The standard InChI is InChI=1S/C14H28O2/c1-2-3-4-5-6-7-8-9-10-11-14(16)12-13-15/h13-14,16H,2-12H2,1H3. The molecule has 2 nitrogen and oxygen atoms in total. The predicted octanol–water partition coefficient (Wildman–Crippen LogP) is 3.86. The van der Waals surface area contributed by atoms with Crippen LogP contribution in [0.25, 0.3) is 0 Å². The number of carbonyl (C=O) groups is 1. The highest BCUT2D eigenvalue weighted by Crippen LogP contribution is 2.11. The van der Waals surface area contributed by atoms with Crippen LogP contribution in [0, 0.1) is 0 Å². The van der Waals surface area contributed by atoms with Crippen LogP contribution in [0.2, 0.25) is 0 Å². The van der Waals surface area contributed by atoms with Gasteiger partial charge in [-0.2, -0.15) is 0 Å². The number of carbonyl (C=O) groups excluding carboxylic acids is 1. The molecule has 0 spiro atoms. The van der Waals surface area contributed by atoms with Gasteiger partial charge in [-0.3, -0.25) is 0 Å². The Kier molecular flexibility index (Phi) is 12.4. The molecule has 0 aromatic rings. The first-order chi connectivity index (χ1) is 7.81. The zero-order valence-corrected chi connectivity index (χ0v) is 10.8. The molecule has 0 bridgehead atoms. The van der Waals surface area contributed by atoms with Gasteiger partial charge in [-0.1, -0.05) is 64.7 Å². The highest BCUT2D eigenvalue weighted by atomic mass is 16.3. The van der Waals surface area contributed by atoms with E-state index in [1.807, 2.05) is 0 Å². The monoisotopic (exact) mass is 228 g/mol. The van der Waals surface area contributed by atoms with Crippen molar-refractivity contribution in [3.05, 3.63) is 0 Å². The van der Waals surface area contributed by atoms with Gasteiger partial charge < -0.3 is 9.90 Å². The Labute approximate surface area is 100 Å². The first-order valence-corrected chi connectivity index (χ1v) is 6.93. The molecule has 0 radical (unpaired) electrons. The van der Waals surface area contributed by atoms with Crippen LogP contribution in [0.3, 0.4) is 0 Å². The fourth-order valence-electron chi connectivity index (χ4n) is 1.92. The van der Waals surface area contributed by atoms with Gasteiger partial charge in [-0.25, -0.2) is 0 Å². The van der Waals surface area contributed by atoms with Gasteiger partial charge in [0.25, 0.3) is 0 Å². The molecule has 0 aliphatic rings. The van der Waals surface area contributed by atoms with Gasteiger partial charge in [0.05, 0.1) is 6.10 Å². The second-order valence-electron chi connectivity index (χ2n) is 4.67. The third-order valence-corrected chi connectivity index (χ3v) is 3.01. The second-order valence-corrected chi connectivity index (χ2v) is 4.67. The summed E-state index contributed by atoms with van der Waals surface area (Å²) in [6, 6.07) is 0. The molecular formula is C14H28O2. The van der Waals surface area contributed by atoms with E-state index in [2.05, 4.69) is 6.92 Å². The fraction of sp³-hybridized carbons (Fsp3) is 0.929. The molecular weight excluding hydrogens is 200 g/mol. The molecule has 0 heterocycles. The average molecular weight is 228 g/mol. The normalized spacial score (nSPS) is 12.6. The van der Waals surface area contributed by atoms with Crippen LogP contribution in [0.5, 0.6) is 0 Å². The summed E-state index contributed by atoms with van der Waals surface area (Å²) in [4.78, 5) is 10.1. The van der Waals surface area contributed by atoms with E-state index < -0.39 is 6.10 Å². The zero-order chi connectivity index (χ0) is 12.1. The van der Waals surface area contributed by atoms with Crippen molar-refractivity contribution in [2.45, 2.75) is 83.7 Å². The number of hydrogen-bond donors (Lipinski definition) is 1. The molecule has 1 atom stereocenters. The molecule has 1 N–H and O–H groups in total. The molecule has 0 aromatic carbocycles. The van der Waals surface area contributed by atoms with Gasteiger partial charge in [0.15, 0.2) is 0 Å². The Bertz CT molecular complexity index is 146. The number of aliphatic hydroxyl groups is 1. The lowest BCUT2D eigenvalue weighted by molar-refractivity contribution is -0.109. The van der Waals surface area contributed by atoms with Gasteiger partial charge >= 0.3 is 0 Å². The molecule has 0 amide bonds. The molecule has 0 saturated heterocycles. The highest BCUT2D eigenvalue weighted by Gasteiger charge is 2.01. The molecule has 2 heteroatoms. The molecule has 0 saturated carbocycles. The summed E-state index contributed by atoms with van der Waals surface area (Å²) in [5.74, 6) is 0. The highest BCUT2D eigenvalue weighted by molar-refractivity contribution is 5.49. The number of rotatable bonds is 12. The van der Waals surface area contributed by atoms with Gasteiger partial charge in [-0.05, 0) is 6.42 Å². The smallest absolute Gasteiger partial charge is 0.122 e. The van der Waals surface area contributed by atoms with E-state index in [9.17, 15) is 9.90 Å². The number of aliphatic hydroxyl groups excluding tert-OH is 1. The fourth-order valence-corrected chi connectivity index (χ4v) is 1.92. The molecule has 96 valence electrons. The molecule has 0 aromatic heterocycles. The van der Waals surface area contributed by atoms with Crippen molar-refractivity contribution < 1.29 is 9.90 Å². The van der Waals surface area contributed by atoms with Gasteiger partial charge in [0, 0.05) is 6.42 Å². The van der Waals surface area contributed by atoms with Gasteiger partial charge in [0.2, 0.25) is 0 Å². The van der Waals surface area contributed by atoms with Crippen LogP contribution in [0.1, 0.15) is 77.6 Å². The van der Waals surface area contributed by atoms with Crippen LogP contribution < -0.4 is 0 Å². The van der Waals surface area contributed by atoms with Crippen LogP contribution in [0.15, 0.2) is 0 Å². The van der Waals surface area contributed by atoms with E-state index >= 15 is 0 Å². The Morgan fingerprint density at radius 3 is 1.94 bits per heavy atom. The SMILES string of the molecule is CCCCCCCCCCCC(O)CC=O. The molecule has 16 heavy (non-hydrogen) atoms. The lowest BCUT2D eigenvalue weighted by Crippen LogP contribution is -2.06. The van der Waals surface area contributed by atoms with Crippen molar-refractivity contribution in [2.75, 3.05) is 0 Å². The third kappa shape index (κ3) is 11.7. The van der Waals surface area contributed by atoms with Crippen molar-refractivity contribution in [2.24, 2.45) is 0 Å². The second kappa shape index (κ2) is 12.7. The minimum atomic E-state index is -0.401. The van der Waals surface area contributed by atoms with E-state index in [4.69, 9.17) is 0 Å². The van der Waals surface area contributed by atoms with Gasteiger partial charge in [0.1, 0.15) is 6.29 Å². The first-order valence-electron chi connectivity index (χ1n) is 6.93. The Hall–Kier alpha value is -0.370. The van der Waals surface area contributed by atoms with Crippen LogP contribution in [-0.2, 0) is 4.79 Å². The van der Waals surface area contributed by atoms with Crippen molar-refractivity contribution in [3.8, 4) is 0 Å². The predicted molar refractivity (Wildman–Crippen MR) is 68.5 cm³/mol. The van der Waals surface area contributed by atoms with E-state index in [1.54, 1.807) is 0 Å². The van der Waals surface area contributed by atoms with E-state index in [1.165, 1.54) is 51.4 Å². The summed E-state index contributed by atoms with van der Waals surface area (Å²) in [7, 11) is 0. The average Bonchev–Trinajstić information content (AvgIpc) is 2.27. The maximum Gasteiger partial charge on any atom is 0.122 e. The Morgan fingerprint density at radius 1 is 0.938 bits per heavy atom. The third-order valence-electron chi connectivity index (χ3n) is 3.01. The molecule has 0 aliphatic heterocycles. The van der Waals surface area contributed by atoms with Crippen molar-refractivity contribution in [1.82, 2.24) is 0 Å². The van der Waals surface area contributed by atoms with Crippen LogP contribution in [0.4, 0.5) is 0 Å². The molecule has 1 unspecified atom stereocenters. The largest absolute Gasteiger partial charge is 0.393 e.